The third-order valence-electron chi connectivity index (χ3n) is 3.42. The first kappa shape index (κ1) is 20.8. The van der Waals surface area contributed by atoms with Crippen LogP contribution in [0, 0.1) is 26.2 Å². The summed E-state index contributed by atoms with van der Waals surface area (Å²) in [6.45, 7) is 5.02. The van der Waals surface area contributed by atoms with Crippen LogP contribution in [0.3, 0.4) is 0 Å². The number of anilines is 1. The van der Waals surface area contributed by atoms with E-state index in [4.69, 9.17) is 16.9 Å². The Kier molecular flexibility index (Phi) is 8.86. The van der Waals surface area contributed by atoms with Gasteiger partial charge in [-0.2, -0.15) is 0 Å². The summed E-state index contributed by atoms with van der Waals surface area (Å²) < 4.78 is 5.34. The smallest absolute Gasteiger partial charge is 0.193 e. The van der Waals surface area contributed by atoms with Crippen molar-refractivity contribution in [2.75, 3.05) is 18.5 Å². The average molecular weight is 449 g/mol. The molecule has 0 aliphatic heterocycles. The molecule has 0 radical (unpaired) electrons. The maximum atomic E-state index is 5.95. The van der Waals surface area contributed by atoms with Gasteiger partial charge in [0, 0.05) is 12.2 Å². The SMILES string of the molecule is C#CCOc1ccc(CCN=C(N)Nc2cc(C)cc(C)c2)cc1.I. The lowest BCUT2D eigenvalue weighted by atomic mass is 10.1. The van der Waals surface area contributed by atoms with Gasteiger partial charge in [-0.15, -0.1) is 30.4 Å². The van der Waals surface area contributed by atoms with Crippen LogP contribution in [0.15, 0.2) is 47.5 Å². The van der Waals surface area contributed by atoms with Gasteiger partial charge in [0.25, 0.3) is 0 Å². The standard InChI is InChI=1S/C20H23N3O.HI/c1-4-11-24-19-7-5-17(6-8-19)9-10-22-20(21)23-18-13-15(2)12-16(3)14-18;/h1,5-8,12-14H,9-11H2,2-3H3,(H3,21,22,23);1H. The van der Waals surface area contributed by atoms with Crippen LogP contribution in [0.5, 0.6) is 5.75 Å². The van der Waals surface area contributed by atoms with Crippen molar-refractivity contribution in [1.29, 1.82) is 0 Å². The van der Waals surface area contributed by atoms with Gasteiger partial charge in [-0.3, -0.25) is 4.99 Å². The van der Waals surface area contributed by atoms with Crippen LogP contribution in [0.25, 0.3) is 0 Å². The second-order valence-electron chi connectivity index (χ2n) is 5.66. The molecule has 0 amide bonds. The molecule has 0 aliphatic rings. The third-order valence-corrected chi connectivity index (χ3v) is 3.42. The number of hydrogen-bond acceptors (Lipinski definition) is 2. The van der Waals surface area contributed by atoms with E-state index in [-0.39, 0.29) is 30.6 Å². The molecular formula is C20H24IN3O. The van der Waals surface area contributed by atoms with Crippen molar-refractivity contribution < 1.29 is 4.74 Å². The lowest BCUT2D eigenvalue weighted by Crippen LogP contribution is -2.23. The van der Waals surface area contributed by atoms with Crippen molar-refractivity contribution in [2.45, 2.75) is 20.3 Å². The maximum absolute atomic E-state index is 5.95. The molecule has 2 aromatic rings. The van der Waals surface area contributed by atoms with Crippen molar-refractivity contribution in [3.8, 4) is 18.1 Å². The fraction of sp³-hybridized carbons (Fsp3) is 0.250. The minimum atomic E-state index is 0. The normalized spacial score (nSPS) is 10.5. The zero-order chi connectivity index (χ0) is 17.4. The van der Waals surface area contributed by atoms with Gasteiger partial charge in [0.15, 0.2) is 5.96 Å². The van der Waals surface area contributed by atoms with Crippen molar-refractivity contribution in [3.63, 3.8) is 0 Å². The molecule has 0 atom stereocenters. The molecule has 0 heterocycles. The molecule has 0 unspecified atom stereocenters. The fourth-order valence-electron chi connectivity index (χ4n) is 2.42. The van der Waals surface area contributed by atoms with Gasteiger partial charge in [-0.25, -0.2) is 0 Å². The lowest BCUT2D eigenvalue weighted by Gasteiger charge is -2.08. The number of terminal acetylenes is 1. The van der Waals surface area contributed by atoms with Crippen LogP contribution >= 0.6 is 24.0 Å². The number of nitrogens with one attached hydrogen (secondary N) is 1. The van der Waals surface area contributed by atoms with Gasteiger partial charge >= 0.3 is 0 Å². The molecule has 5 heteroatoms. The highest BCUT2D eigenvalue weighted by atomic mass is 127. The van der Waals surface area contributed by atoms with Crippen molar-refractivity contribution in [3.05, 3.63) is 59.2 Å². The minimum Gasteiger partial charge on any atom is -0.481 e. The van der Waals surface area contributed by atoms with Gasteiger partial charge in [0.1, 0.15) is 12.4 Å². The van der Waals surface area contributed by atoms with Crippen molar-refractivity contribution in [2.24, 2.45) is 10.7 Å². The molecule has 4 nitrogen and oxygen atoms in total. The van der Waals surface area contributed by atoms with Gasteiger partial charge in [0.05, 0.1) is 0 Å². The summed E-state index contributed by atoms with van der Waals surface area (Å²) in [6, 6.07) is 14.1. The van der Waals surface area contributed by atoms with Crippen molar-refractivity contribution in [1.82, 2.24) is 0 Å². The Morgan fingerprint density at radius 2 is 1.80 bits per heavy atom. The summed E-state index contributed by atoms with van der Waals surface area (Å²) in [4.78, 5) is 4.37. The maximum Gasteiger partial charge on any atom is 0.193 e. The zero-order valence-electron chi connectivity index (χ0n) is 14.6. The van der Waals surface area contributed by atoms with E-state index in [0.717, 1.165) is 17.9 Å². The molecule has 3 N–H and O–H groups in total. The van der Waals surface area contributed by atoms with Crippen LogP contribution in [0.2, 0.25) is 0 Å². The first-order valence-corrected chi connectivity index (χ1v) is 7.87. The molecule has 0 bridgehead atoms. The number of hydrogen-bond donors (Lipinski definition) is 2. The highest BCUT2D eigenvalue weighted by molar-refractivity contribution is 14.0. The molecular weight excluding hydrogens is 425 g/mol. The van der Waals surface area contributed by atoms with E-state index in [1.54, 1.807) is 0 Å². The first-order chi connectivity index (χ1) is 11.6. The predicted octanol–water partition coefficient (Wildman–Crippen LogP) is 3.90. The Morgan fingerprint density at radius 1 is 1.16 bits per heavy atom. The molecule has 2 aromatic carbocycles. The molecule has 0 saturated heterocycles. The Hall–Kier alpha value is -2.20. The second-order valence-corrected chi connectivity index (χ2v) is 5.66. The summed E-state index contributed by atoms with van der Waals surface area (Å²) in [5.41, 5.74) is 10.5. The van der Waals surface area contributed by atoms with E-state index < -0.39 is 0 Å². The number of benzene rings is 2. The third kappa shape index (κ3) is 7.48. The number of nitrogens with zero attached hydrogens (tertiary/aromatic N) is 1. The van der Waals surface area contributed by atoms with Gasteiger partial charge in [0.2, 0.25) is 0 Å². The largest absolute Gasteiger partial charge is 0.481 e. The minimum absolute atomic E-state index is 0. The number of aryl methyl sites for hydroxylation is 2. The number of ether oxygens (including phenoxy) is 1. The van der Waals surface area contributed by atoms with E-state index in [1.807, 2.05) is 36.4 Å². The average Bonchev–Trinajstić information content (AvgIpc) is 2.53. The second kappa shape index (κ2) is 10.6. The molecule has 0 fully saturated rings. The van der Waals surface area contributed by atoms with Gasteiger partial charge < -0.3 is 15.8 Å². The Bertz CT molecular complexity index is 728. The summed E-state index contributed by atoms with van der Waals surface area (Å²) in [7, 11) is 0. The van der Waals surface area contributed by atoms with Crippen LogP contribution in [0.1, 0.15) is 16.7 Å². The molecule has 0 saturated carbocycles. The molecule has 132 valence electrons. The van der Waals surface area contributed by atoms with E-state index in [0.29, 0.717) is 12.5 Å². The van der Waals surface area contributed by atoms with Crippen LogP contribution in [-0.2, 0) is 6.42 Å². The number of nitrogens with two attached hydrogens (primary N) is 1. The van der Waals surface area contributed by atoms with E-state index in [1.165, 1.54) is 16.7 Å². The Morgan fingerprint density at radius 3 is 2.40 bits per heavy atom. The number of halogens is 1. The van der Waals surface area contributed by atoms with Crippen LogP contribution in [0.4, 0.5) is 5.69 Å². The molecule has 0 aromatic heterocycles. The van der Waals surface area contributed by atoms with Gasteiger partial charge in [-0.1, -0.05) is 24.1 Å². The first-order valence-electron chi connectivity index (χ1n) is 7.87. The van der Waals surface area contributed by atoms with E-state index >= 15 is 0 Å². The van der Waals surface area contributed by atoms with Gasteiger partial charge in [-0.05, 0) is 61.2 Å². The van der Waals surface area contributed by atoms with E-state index in [9.17, 15) is 0 Å². The number of aliphatic imine (C=N–C) groups is 1. The zero-order valence-corrected chi connectivity index (χ0v) is 16.9. The summed E-state index contributed by atoms with van der Waals surface area (Å²) in [5, 5.41) is 3.13. The Balaban J connectivity index is 0.00000312. The summed E-state index contributed by atoms with van der Waals surface area (Å²) in [5.74, 6) is 3.64. The quantitative estimate of drug-likeness (QED) is 0.305. The highest BCUT2D eigenvalue weighted by Gasteiger charge is 1.99. The molecule has 0 aliphatic carbocycles. The number of guanidine groups is 1. The lowest BCUT2D eigenvalue weighted by molar-refractivity contribution is 0.370. The molecule has 25 heavy (non-hydrogen) atoms. The summed E-state index contributed by atoms with van der Waals surface area (Å²) in [6.07, 6.45) is 5.97. The monoisotopic (exact) mass is 449 g/mol. The fourth-order valence-corrected chi connectivity index (χ4v) is 2.42. The van der Waals surface area contributed by atoms with Crippen LogP contribution in [-0.4, -0.2) is 19.1 Å². The van der Waals surface area contributed by atoms with Crippen LogP contribution < -0.4 is 15.8 Å². The van der Waals surface area contributed by atoms with E-state index in [2.05, 4.69) is 36.1 Å². The molecule has 0 spiro atoms. The molecule has 2 rings (SSSR count). The summed E-state index contributed by atoms with van der Waals surface area (Å²) >= 11 is 0. The predicted molar refractivity (Wildman–Crippen MR) is 116 cm³/mol. The topological polar surface area (TPSA) is 59.6 Å². The van der Waals surface area contributed by atoms with Crippen molar-refractivity contribution >= 4 is 35.6 Å². The highest BCUT2D eigenvalue weighted by Crippen LogP contribution is 2.14. The Labute approximate surface area is 166 Å². The number of rotatable bonds is 6.